The van der Waals surface area contributed by atoms with E-state index >= 15 is 0 Å². The molecule has 0 unspecified atom stereocenters. The van der Waals surface area contributed by atoms with E-state index in [2.05, 4.69) is 0 Å². The van der Waals surface area contributed by atoms with E-state index in [9.17, 15) is 123 Å². The fourth-order valence-corrected chi connectivity index (χ4v) is 14.7. The zero-order valence-corrected chi connectivity index (χ0v) is 66.3. The number of ether oxygens (including phenoxy) is 24. The molecule has 0 aromatic carbocycles. The molecule has 24 N–H and O–H groups in total. The van der Waals surface area contributed by atoms with Gasteiger partial charge in [0, 0.05) is 106 Å². The highest BCUT2D eigenvalue weighted by Gasteiger charge is 2.61. The zero-order chi connectivity index (χ0) is 86.7. The van der Waals surface area contributed by atoms with Crippen LogP contribution in [0.3, 0.4) is 0 Å². The van der Waals surface area contributed by atoms with Crippen LogP contribution in [0, 0.1) is 0 Å². The third-order valence-corrected chi connectivity index (χ3v) is 21.3. The zero-order valence-electron chi connectivity index (χ0n) is 66.3. The maximum Gasteiger partial charge on any atom is 0.187 e. The fraction of sp³-hybridized carbons (Fsp3) is 1.00. The molecule has 0 aromatic rings. The topological polar surface area (TPSA) is 707 Å². The normalized spacial score (nSPS) is 43.8. The van der Waals surface area contributed by atoms with Gasteiger partial charge in [0.2, 0.25) is 0 Å². The molecule has 30 aliphatic heterocycles. The van der Waals surface area contributed by atoms with Crippen LogP contribution < -0.4 is 0 Å². The van der Waals surface area contributed by atoms with E-state index in [-0.39, 0.29) is 157 Å². The summed E-state index contributed by atoms with van der Waals surface area (Å²) in [5.41, 5.74) is 0. The Hall–Kier alpha value is -1.92. The fourth-order valence-electron chi connectivity index (χ4n) is 14.7. The molecule has 30 heterocycles. The second-order valence-corrected chi connectivity index (χ2v) is 30.2. The van der Waals surface area contributed by atoms with Crippen LogP contribution in [0.25, 0.3) is 0 Å². The largest absolute Gasteiger partial charge is 0.396 e. The highest BCUT2D eigenvalue weighted by Crippen LogP contribution is 2.41. The monoisotopic (exact) mass is 1760 g/mol. The second kappa shape index (κ2) is 52.1. The summed E-state index contributed by atoms with van der Waals surface area (Å²) in [5.74, 6) is 0. The summed E-state index contributed by atoms with van der Waals surface area (Å²) >= 11 is 0. The van der Waals surface area contributed by atoms with E-state index in [0.29, 0.717) is 0 Å². The minimum Gasteiger partial charge on any atom is -0.396 e. The van der Waals surface area contributed by atoms with Gasteiger partial charge in [0.1, 0.15) is 195 Å². The van der Waals surface area contributed by atoms with Crippen molar-refractivity contribution in [2.24, 2.45) is 0 Å². The van der Waals surface area contributed by atoms with Crippen molar-refractivity contribution in [1.29, 1.82) is 0 Å². The molecule has 30 rings (SSSR count). The summed E-state index contributed by atoms with van der Waals surface area (Å²) < 4.78 is 146. The molecule has 0 saturated carbocycles. The van der Waals surface area contributed by atoms with Gasteiger partial charge in [-0.25, -0.2) is 0 Å². The second-order valence-electron chi connectivity index (χ2n) is 30.2. The average Bonchev–Trinajstić information content (AvgIpc) is 0.772. The molecular formula is C72H128O48. The highest BCUT2D eigenvalue weighted by atomic mass is 16.8. The van der Waals surface area contributed by atoms with Crippen molar-refractivity contribution in [3.63, 3.8) is 0 Å². The molecule has 704 valence electrons. The lowest BCUT2D eigenvalue weighted by molar-refractivity contribution is -0.405. The van der Waals surface area contributed by atoms with Crippen LogP contribution >= 0.6 is 0 Å². The first-order valence-electron chi connectivity index (χ1n) is 40.8. The Morgan fingerprint density at radius 1 is 0.142 bits per heavy atom. The van der Waals surface area contributed by atoms with Crippen molar-refractivity contribution in [2.75, 3.05) is 159 Å². The van der Waals surface area contributed by atoms with Crippen molar-refractivity contribution in [1.82, 2.24) is 0 Å². The molecule has 48 nitrogen and oxygen atoms in total. The Kier molecular flexibility index (Phi) is 44.2. The number of aliphatic hydroxyl groups is 24. The van der Waals surface area contributed by atoms with Gasteiger partial charge in [0.05, 0.1) is 52.9 Å². The van der Waals surface area contributed by atoms with E-state index in [1.807, 2.05) is 0 Å². The Bertz CT molecular complexity index is 2210. The lowest BCUT2D eigenvalue weighted by atomic mass is 9.94. The van der Waals surface area contributed by atoms with Gasteiger partial charge >= 0.3 is 0 Å². The summed E-state index contributed by atoms with van der Waals surface area (Å²) in [6, 6.07) is 0. The summed E-state index contributed by atoms with van der Waals surface area (Å²) in [5, 5.41) is 271. The highest BCUT2D eigenvalue weighted by molar-refractivity contribution is 5.03. The first kappa shape index (κ1) is 102. The Balaban J connectivity index is 1.09. The van der Waals surface area contributed by atoms with Crippen molar-refractivity contribution < 1.29 is 236 Å². The predicted molar refractivity (Wildman–Crippen MR) is 385 cm³/mol. The van der Waals surface area contributed by atoms with E-state index < -0.39 is 299 Å². The first-order chi connectivity index (χ1) is 57.9. The molecule has 48 heteroatoms. The molecule has 30 saturated heterocycles. The van der Waals surface area contributed by atoms with Crippen LogP contribution in [0.1, 0.15) is 51.4 Å². The predicted octanol–water partition coefficient (Wildman–Crippen LogP) is -14.2. The molecule has 0 spiro atoms. The Morgan fingerprint density at radius 2 is 0.242 bits per heavy atom. The van der Waals surface area contributed by atoms with Crippen molar-refractivity contribution in [2.45, 2.75) is 297 Å². The summed E-state index contributed by atoms with van der Waals surface area (Å²) in [4.78, 5) is 0. The van der Waals surface area contributed by atoms with Gasteiger partial charge in [0.15, 0.2) is 50.3 Å². The molecule has 120 heavy (non-hydrogen) atoms. The number of aliphatic hydroxyl groups excluding tert-OH is 24. The number of hydrogen-bond donors (Lipinski definition) is 24. The van der Waals surface area contributed by atoms with Gasteiger partial charge in [-0.3, -0.25) is 0 Å². The molecule has 0 amide bonds. The third-order valence-electron chi connectivity index (χ3n) is 21.3. The molecule has 16 bridgehead atoms. The van der Waals surface area contributed by atoms with Gasteiger partial charge in [-0.1, -0.05) is 0 Å². The van der Waals surface area contributed by atoms with Gasteiger partial charge in [-0.2, -0.15) is 0 Å². The molecule has 30 aliphatic rings. The van der Waals surface area contributed by atoms with Gasteiger partial charge < -0.3 is 236 Å². The van der Waals surface area contributed by atoms with Gasteiger partial charge in [-0.15, -0.1) is 0 Å². The van der Waals surface area contributed by atoms with Crippen molar-refractivity contribution in [3.05, 3.63) is 0 Å². The average molecular weight is 1760 g/mol. The SMILES string of the molecule is OCCCOC[C@H]1O[C@@H]2O[C@H]3[C@H](O)[C@@H](O)[C@@H](O[C@H]4[C@H](O)[C@@H](O)[C@@H](O[C@H]5[C@H](O)[C@@H](O)[C@@H](O[C@H]6[C@H](O)[C@@H](O)[C@@H](O[C@H]7[C@H](O)[C@@H](O)[C@@H](O[C@H]8[C@H](O)[C@@H](O)[C@@H](O[C@H]9[C@H](O)[C@@H](O)[C@@H](O[C@H]1[C@H](O)[C@H]2O)O[C@@H]9COCCCO)O[C@@H]8COCCCO)O[C@@H]7COCCCO)O[C@@H]6COCCCO)O[C@@H]5COCCCO)O[C@@H]4COCCCO)O[C@@H]3COCCCO. The van der Waals surface area contributed by atoms with E-state index in [1.165, 1.54) is 0 Å². The van der Waals surface area contributed by atoms with Crippen LogP contribution in [-0.2, 0) is 114 Å². The lowest BCUT2D eigenvalue weighted by Gasteiger charge is -2.51. The van der Waals surface area contributed by atoms with Gasteiger partial charge in [0.25, 0.3) is 0 Å². The van der Waals surface area contributed by atoms with Crippen LogP contribution in [0.2, 0.25) is 0 Å². The third kappa shape index (κ3) is 27.1. The summed E-state index contributed by atoms with van der Waals surface area (Å²) in [6.45, 7) is -8.80. The van der Waals surface area contributed by atoms with Crippen LogP contribution in [0.15, 0.2) is 0 Å². The quantitative estimate of drug-likeness (QED) is 0.0253. The summed E-state index contributed by atoms with van der Waals surface area (Å²) in [7, 11) is 0. The standard InChI is InChI=1S/C72H128O48/c73-9-1-17-97-25-33-57-41(81)49(89)65(105-33)114-58-34(26-98-18-2-10-74)107-67(51(91)43(58)83)116-60-36(28-100-20-4-12-76)109-69(53(93)45(60)85)118-62-38(30-102-22-6-14-78)111-71(55(95)47(62)87)120-64-40(32-104-24-8-16-80)112-72(56(96)48(64)88)119-63-39(31-103-23-7-15-79)110-70(54(94)46(63)86)117-61-37(29-101-21-5-13-77)108-68(52(92)44(61)84)115-59-35(27-99-19-3-11-75)106-66(113-57)50(90)42(59)82/h33-96H,1-32H2/t33-,34-,35-,36-,37-,38-,39-,40-,41-,42-,43-,44-,45-,46-,47-,48-,49-,50-,51-,52-,53-,54-,55-,56-,57-,58-,59-,60-,61-,62-,63-,64-,65-,66-,67-,68-,69-,70-,71-,72-/m1/s1. The van der Waals surface area contributed by atoms with E-state index in [4.69, 9.17) is 114 Å². The lowest BCUT2D eigenvalue weighted by Crippen LogP contribution is -2.69. The molecule has 0 aliphatic carbocycles. The smallest absolute Gasteiger partial charge is 0.187 e. The number of rotatable bonds is 40. The maximum atomic E-state index is 12.2. The molecule has 0 radical (unpaired) electrons. The minimum atomic E-state index is -2.24. The minimum absolute atomic E-state index is 0.0536. The summed E-state index contributed by atoms with van der Waals surface area (Å²) in [6.07, 6.45) is -79.5. The van der Waals surface area contributed by atoms with Crippen molar-refractivity contribution >= 4 is 0 Å². The Labute approximate surface area is 689 Å². The molecule has 30 fully saturated rings. The van der Waals surface area contributed by atoms with Crippen LogP contribution in [0.5, 0.6) is 0 Å². The molecule has 0 aromatic heterocycles. The first-order valence-corrected chi connectivity index (χ1v) is 40.8. The van der Waals surface area contributed by atoms with E-state index in [1.54, 1.807) is 0 Å². The maximum absolute atomic E-state index is 12.2. The molecular weight excluding hydrogens is 1630 g/mol. The Morgan fingerprint density at radius 3 is 0.333 bits per heavy atom. The van der Waals surface area contributed by atoms with Crippen LogP contribution in [-0.4, -0.2) is 527 Å². The van der Waals surface area contributed by atoms with Crippen molar-refractivity contribution in [3.8, 4) is 0 Å². The van der Waals surface area contributed by atoms with E-state index in [0.717, 1.165) is 0 Å². The van der Waals surface area contributed by atoms with Gasteiger partial charge in [-0.05, 0) is 51.4 Å². The molecule has 40 atom stereocenters. The van der Waals surface area contributed by atoms with Crippen LogP contribution in [0.4, 0.5) is 0 Å². The number of hydrogen-bond acceptors (Lipinski definition) is 48.